The highest BCUT2D eigenvalue weighted by molar-refractivity contribution is 7.89. The number of amides is 1. The van der Waals surface area contributed by atoms with E-state index in [1.165, 1.54) is 9.99 Å². The molecule has 2 aromatic rings. The molecule has 0 spiro atoms. The number of hydrogen-bond acceptors (Lipinski definition) is 5. The third-order valence-electron chi connectivity index (χ3n) is 7.11. The van der Waals surface area contributed by atoms with E-state index in [-0.39, 0.29) is 17.9 Å². The first kappa shape index (κ1) is 24.7. The summed E-state index contributed by atoms with van der Waals surface area (Å²) in [5, 5.41) is 3.12. The highest BCUT2D eigenvalue weighted by atomic mass is 32.2. The lowest BCUT2D eigenvalue weighted by Gasteiger charge is -2.39. The first-order valence-corrected chi connectivity index (χ1v) is 13.7. The average molecular weight is 485 g/mol. The Morgan fingerprint density at radius 2 is 1.56 bits per heavy atom. The number of para-hydroxylation sites is 1. The van der Waals surface area contributed by atoms with Crippen LogP contribution in [0.2, 0.25) is 0 Å². The van der Waals surface area contributed by atoms with Gasteiger partial charge in [-0.2, -0.15) is 4.31 Å². The Labute approximate surface area is 203 Å². The van der Waals surface area contributed by atoms with Crippen molar-refractivity contribution in [1.82, 2.24) is 14.5 Å². The van der Waals surface area contributed by atoms with Gasteiger partial charge in [0.15, 0.2) is 0 Å². The van der Waals surface area contributed by atoms with Gasteiger partial charge in [0.25, 0.3) is 0 Å². The number of benzene rings is 2. The zero-order valence-corrected chi connectivity index (χ0v) is 21.0. The van der Waals surface area contributed by atoms with Crippen LogP contribution in [0.15, 0.2) is 59.5 Å². The van der Waals surface area contributed by atoms with Gasteiger partial charge in [0.1, 0.15) is 0 Å². The first-order chi connectivity index (χ1) is 16.3. The van der Waals surface area contributed by atoms with Gasteiger partial charge in [0.05, 0.1) is 4.90 Å². The summed E-state index contributed by atoms with van der Waals surface area (Å²) in [6.45, 7) is 9.39. The third kappa shape index (κ3) is 5.79. The molecule has 184 valence electrons. The fourth-order valence-electron chi connectivity index (χ4n) is 4.80. The molecular formula is C26H36N4O3S. The lowest BCUT2D eigenvalue weighted by atomic mass is 9.97. The maximum atomic E-state index is 12.9. The SMILES string of the molecule is Cc1ccc(S(=O)(=O)N2CCC(C(=O)NCC(C)N3CCN(c4ccccc4)CC3)CC2)cc1. The second-order valence-electron chi connectivity index (χ2n) is 9.44. The molecule has 1 atom stereocenters. The molecule has 1 N–H and O–H groups in total. The monoisotopic (exact) mass is 484 g/mol. The minimum atomic E-state index is -3.50. The molecule has 7 nitrogen and oxygen atoms in total. The number of anilines is 1. The smallest absolute Gasteiger partial charge is 0.243 e. The number of hydrogen-bond donors (Lipinski definition) is 1. The highest BCUT2D eigenvalue weighted by Gasteiger charge is 2.32. The zero-order chi connectivity index (χ0) is 24.1. The zero-order valence-electron chi connectivity index (χ0n) is 20.2. The van der Waals surface area contributed by atoms with Gasteiger partial charge in [-0.1, -0.05) is 35.9 Å². The molecule has 4 rings (SSSR count). The van der Waals surface area contributed by atoms with Gasteiger partial charge in [-0.3, -0.25) is 9.69 Å². The predicted octanol–water partition coefficient (Wildman–Crippen LogP) is 2.72. The van der Waals surface area contributed by atoms with Crippen molar-refractivity contribution in [3.63, 3.8) is 0 Å². The molecule has 0 radical (unpaired) electrons. The van der Waals surface area contributed by atoms with Crippen LogP contribution < -0.4 is 10.2 Å². The fourth-order valence-corrected chi connectivity index (χ4v) is 6.27. The number of aryl methyl sites for hydroxylation is 1. The van der Waals surface area contributed by atoms with E-state index >= 15 is 0 Å². The van der Waals surface area contributed by atoms with E-state index in [0.29, 0.717) is 37.4 Å². The summed E-state index contributed by atoms with van der Waals surface area (Å²) >= 11 is 0. The molecule has 2 saturated heterocycles. The summed E-state index contributed by atoms with van der Waals surface area (Å²) in [6, 6.07) is 17.7. The fraction of sp³-hybridized carbons (Fsp3) is 0.500. The van der Waals surface area contributed by atoms with Crippen molar-refractivity contribution in [1.29, 1.82) is 0 Å². The number of nitrogens with one attached hydrogen (secondary N) is 1. The van der Waals surface area contributed by atoms with Crippen molar-refractivity contribution in [3.8, 4) is 0 Å². The lowest BCUT2D eigenvalue weighted by Crippen LogP contribution is -2.53. The van der Waals surface area contributed by atoms with Crippen LogP contribution in [-0.2, 0) is 14.8 Å². The molecule has 2 aromatic carbocycles. The van der Waals surface area contributed by atoms with Crippen LogP contribution in [0.1, 0.15) is 25.3 Å². The Kier molecular flexibility index (Phi) is 7.91. The van der Waals surface area contributed by atoms with E-state index in [1.54, 1.807) is 12.1 Å². The summed E-state index contributed by atoms with van der Waals surface area (Å²) in [6.07, 6.45) is 1.11. The van der Waals surface area contributed by atoms with Crippen molar-refractivity contribution in [3.05, 3.63) is 60.2 Å². The molecule has 2 aliphatic rings. The van der Waals surface area contributed by atoms with Gasteiger partial charge >= 0.3 is 0 Å². The van der Waals surface area contributed by atoms with E-state index < -0.39 is 10.0 Å². The minimum Gasteiger partial charge on any atom is -0.369 e. The van der Waals surface area contributed by atoms with Gasteiger partial charge in [0.2, 0.25) is 15.9 Å². The standard InChI is InChI=1S/C26H36N4O3S/c1-21-8-10-25(11-9-21)34(32,33)30-14-12-23(13-15-30)26(31)27-20-22(2)28-16-18-29(19-17-28)24-6-4-3-5-7-24/h3-11,22-23H,12-20H2,1-2H3,(H,27,31). The Balaban J connectivity index is 1.20. The quantitative estimate of drug-likeness (QED) is 0.654. The molecule has 0 aromatic heterocycles. The van der Waals surface area contributed by atoms with Crippen LogP contribution in [0, 0.1) is 12.8 Å². The Hall–Kier alpha value is -2.42. The van der Waals surface area contributed by atoms with Crippen LogP contribution >= 0.6 is 0 Å². The van der Waals surface area contributed by atoms with Crippen LogP contribution in [0.3, 0.4) is 0 Å². The maximum absolute atomic E-state index is 12.9. The summed E-state index contributed by atoms with van der Waals surface area (Å²) in [5.41, 5.74) is 2.29. The molecule has 8 heteroatoms. The van der Waals surface area contributed by atoms with E-state index in [9.17, 15) is 13.2 Å². The highest BCUT2D eigenvalue weighted by Crippen LogP contribution is 2.24. The number of carbonyl (C=O) groups is 1. The molecule has 1 unspecified atom stereocenters. The second kappa shape index (κ2) is 10.9. The van der Waals surface area contributed by atoms with Crippen LogP contribution in [-0.4, -0.2) is 75.4 Å². The molecule has 2 heterocycles. The third-order valence-corrected chi connectivity index (χ3v) is 9.03. The van der Waals surface area contributed by atoms with Gasteiger partial charge in [-0.15, -0.1) is 0 Å². The number of nitrogens with zero attached hydrogens (tertiary/aromatic N) is 3. The predicted molar refractivity (Wildman–Crippen MR) is 135 cm³/mol. The average Bonchev–Trinajstić information content (AvgIpc) is 2.88. The molecule has 2 fully saturated rings. The van der Waals surface area contributed by atoms with Gasteiger partial charge in [0, 0.05) is 63.5 Å². The summed E-state index contributed by atoms with van der Waals surface area (Å²) < 4.78 is 27.3. The molecular weight excluding hydrogens is 448 g/mol. The number of carbonyl (C=O) groups excluding carboxylic acids is 1. The molecule has 0 bridgehead atoms. The van der Waals surface area contributed by atoms with Crippen molar-refractivity contribution in [2.45, 2.75) is 37.6 Å². The van der Waals surface area contributed by atoms with Crippen LogP contribution in [0.5, 0.6) is 0 Å². The first-order valence-electron chi connectivity index (χ1n) is 12.2. The van der Waals surface area contributed by atoms with Crippen molar-refractivity contribution in [2.75, 3.05) is 50.7 Å². The van der Waals surface area contributed by atoms with Crippen molar-refractivity contribution >= 4 is 21.6 Å². The van der Waals surface area contributed by atoms with E-state index in [4.69, 9.17) is 0 Å². The lowest BCUT2D eigenvalue weighted by molar-refractivity contribution is -0.126. The number of piperazine rings is 1. The number of sulfonamides is 1. The molecule has 34 heavy (non-hydrogen) atoms. The number of rotatable bonds is 7. The largest absolute Gasteiger partial charge is 0.369 e. The van der Waals surface area contributed by atoms with Gasteiger partial charge in [-0.25, -0.2) is 8.42 Å². The Morgan fingerprint density at radius 3 is 2.18 bits per heavy atom. The van der Waals surface area contributed by atoms with Crippen molar-refractivity contribution in [2.24, 2.45) is 5.92 Å². The second-order valence-corrected chi connectivity index (χ2v) is 11.4. The van der Waals surface area contributed by atoms with Gasteiger partial charge < -0.3 is 10.2 Å². The number of piperidine rings is 1. The van der Waals surface area contributed by atoms with Gasteiger partial charge in [-0.05, 0) is 51.0 Å². The Bertz CT molecular complexity index is 1040. The summed E-state index contributed by atoms with van der Waals surface area (Å²) in [7, 11) is -3.50. The molecule has 2 aliphatic heterocycles. The molecule has 1 amide bonds. The normalized spacial score (nSPS) is 19.6. The van der Waals surface area contributed by atoms with E-state index in [2.05, 4.69) is 46.3 Å². The summed E-state index contributed by atoms with van der Waals surface area (Å²) in [5.74, 6) is -0.0891. The molecule has 0 saturated carbocycles. The maximum Gasteiger partial charge on any atom is 0.243 e. The van der Waals surface area contributed by atoms with E-state index in [1.807, 2.05) is 25.1 Å². The topological polar surface area (TPSA) is 73.0 Å². The van der Waals surface area contributed by atoms with Crippen LogP contribution in [0.4, 0.5) is 5.69 Å². The van der Waals surface area contributed by atoms with Crippen molar-refractivity contribution < 1.29 is 13.2 Å². The Morgan fingerprint density at radius 1 is 0.941 bits per heavy atom. The minimum absolute atomic E-state index is 0.0437. The molecule has 0 aliphatic carbocycles. The van der Waals surface area contributed by atoms with Crippen LogP contribution in [0.25, 0.3) is 0 Å². The van der Waals surface area contributed by atoms with E-state index in [0.717, 1.165) is 31.7 Å². The summed E-state index contributed by atoms with van der Waals surface area (Å²) in [4.78, 5) is 17.9.